The Morgan fingerprint density at radius 3 is 2.29 bits per heavy atom. The molecule has 0 amide bonds. The van der Waals surface area contributed by atoms with E-state index in [4.69, 9.17) is 0 Å². The molecule has 0 atom stereocenters. The van der Waals surface area contributed by atoms with E-state index in [0.717, 1.165) is 0 Å². The van der Waals surface area contributed by atoms with E-state index in [0.29, 0.717) is 0 Å². The van der Waals surface area contributed by atoms with Gasteiger partial charge in [0.1, 0.15) is 0 Å². The Labute approximate surface area is 41.1 Å². The summed E-state index contributed by atoms with van der Waals surface area (Å²) >= 11 is 0. The van der Waals surface area contributed by atoms with Gasteiger partial charge < -0.3 is 0 Å². The van der Waals surface area contributed by atoms with Crippen molar-refractivity contribution in [2.45, 2.75) is 6.92 Å². The summed E-state index contributed by atoms with van der Waals surface area (Å²) in [5, 5.41) is -0.875. The molecule has 42 valence electrons. The van der Waals surface area contributed by atoms with Crippen LogP contribution in [0.4, 0.5) is 8.96 Å². The smallest absolute Gasteiger partial charge is 0.0800 e. The van der Waals surface area contributed by atoms with E-state index >= 15 is 0 Å². The summed E-state index contributed by atoms with van der Waals surface area (Å²) in [5.74, 6) is 0. The van der Waals surface area contributed by atoms with Gasteiger partial charge in [-0.25, -0.2) is 0 Å². The molecule has 1 nitrogen and oxygen atoms in total. The van der Waals surface area contributed by atoms with E-state index in [1.807, 2.05) is 0 Å². The van der Waals surface area contributed by atoms with Crippen LogP contribution in [-0.4, -0.2) is 11.9 Å². The fourth-order valence-electron chi connectivity index (χ4n) is 0.185. The fraction of sp³-hybridized carbons (Fsp3) is 0.500. The summed E-state index contributed by atoms with van der Waals surface area (Å²) in [6.45, 7) is 1.42. The van der Waals surface area contributed by atoms with Gasteiger partial charge in [-0.15, -0.1) is 8.96 Å². The highest BCUT2D eigenvalue weighted by Gasteiger charge is 1.88. The first kappa shape index (κ1) is 6.56. The van der Waals surface area contributed by atoms with Crippen molar-refractivity contribution in [1.82, 2.24) is 5.34 Å². The second kappa shape index (κ2) is 3.74. The van der Waals surface area contributed by atoms with Gasteiger partial charge >= 0.3 is 0 Å². The number of hydrogen-bond acceptors (Lipinski definition) is 1. The van der Waals surface area contributed by atoms with Gasteiger partial charge in [0.25, 0.3) is 0 Å². The molecule has 0 fully saturated rings. The van der Waals surface area contributed by atoms with Crippen LogP contribution in [0.25, 0.3) is 0 Å². The van der Waals surface area contributed by atoms with E-state index in [1.165, 1.54) is 6.08 Å². The van der Waals surface area contributed by atoms with Crippen LogP contribution in [-0.2, 0) is 0 Å². The maximum absolute atomic E-state index is 11.0. The summed E-state index contributed by atoms with van der Waals surface area (Å²) in [7, 11) is 0. The SMILES string of the molecule is C/C=C/CN(F)F. The lowest BCUT2D eigenvalue weighted by Crippen LogP contribution is -1.97. The molecule has 7 heavy (non-hydrogen) atoms. The number of hydrogen-bond donors (Lipinski definition) is 0. The monoisotopic (exact) mass is 107 g/mol. The van der Waals surface area contributed by atoms with E-state index in [-0.39, 0.29) is 6.54 Å². The Balaban J connectivity index is 2.97. The van der Waals surface area contributed by atoms with Gasteiger partial charge in [-0.1, -0.05) is 12.2 Å². The maximum atomic E-state index is 11.0. The van der Waals surface area contributed by atoms with Crippen LogP contribution in [0.1, 0.15) is 6.92 Å². The average Bonchev–Trinajstić information content (AvgIpc) is 1.61. The predicted octanol–water partition coefficient (Wildman–Crippen LogP) is 1.63. The van der Waals surface area contributed by atoms with Gasteiger partial charge in [-0.05, 0) is 6.92 Å². The molecule has 0 bridgehead atoms. The van der Waals surface area contributed by atoms with Crippen molar-refractivity contribution in [1.29, 1.82) is 0 Å². The van der Waals surface area contributed by atoms with Gasteiger partial charge in [-0.2, -0.15) is 0 Å². The number of rotatable bonds is 2. The van der Waals surface area contributed by atoms with Gasteiger partial charge in [-0.3, -0.25) is 0 Å². The summed E-state index contributed by atoms with van der Waals surface area (Å²) in [6.07, 6.45) is 2.95. The first-order valence-electron chi connectivity index (χ1n) is 1.97. The molecule has 0 aliphatic rings. The van der Waals surface area contributed by atoms with Crippen LogP contribution in [0, 0.1) is 0 Å². The number of nitrogens with zero attached hydrogens (tertiary/aromatic N) is 1. The Morgan fingerprint density at radius 2 is 2.14 bits per heavy atom. The lowest BCUT2D eigenvalue weighted by molar-refractivity contribution is -0.142. The van der Waals surface area contributed by atoms with Crippen LogP contribution in [0.15, 0.2) is 12.2 Å². The van der Waals surface area contributed by atoms with E-state index in [1.54, 1.807) is 13.0 Å². The number of halogens is 2. The van der Waals surface area contributed by atoms with Crippen molar-refractivity contribution in [3.63, 3.8) is 0 Å². The topological polar surface area (TPSA) is 3.24 Å². The highest BCUT2D eigenvalue weighted by atomic mass is 19.4. The largest absolute Gasteiger partial charge is 0.101 e. The van der Waals surface area contributed by atoms with Crippen molar-refractivity contribution in [3.8, 4) is 0 Å². The van der Waals surface area contributed by atoms with E-state index in [2.05, 4.69) is 0 Å². The molecule has 0 saturated heterocycles. The maximum Gasteiger partial charge on any atom is 0.0800 e. The zero-order valence-corrected chi connectivity index (χ0v) is 4.06. The minimum Gasteiger partial charge on any atom is -0.101 e. The van der Waals surface area contributed by atoms with Crippen molar-refractivity contribution in [2.24, 2.45) is 0 Å². The van der Waals surface area contributed by atoms with Crippen molar-refractivity contribution >= 4 is 0 Å². The standard InChI is InChI=1S/C4H7F2N/c1-2-3-4-7(5)6/h2-3H,4H2,1H3/b3-2+. The third kappa shape index (κ3) is 5.56. The second-order valence-electron chi connectivity index (χ2n) is 1.05. The molecule has 0 heterocycles. The Bertz CT molecular complexity index is 60.7. The lowest BCUT2D eigenvalue weighted by Gasteiger charge is -1.89. The molecular weight excluding hydrogens is 100 g/mol. The van der Waals surface area contributed by atoms with Crippen LogP contribution >= 0.6 is 0 Å². The highest BCUT2D eigenvalue weighted by Crippen LogP contribution is 1.86. The fourth-order valence-corrected chi connectivity index (χ4v) is 0.185. The third-order valence-electron chi connectivity index (χ3n) is 0.479. The molecule has 0 aromatic rings. The van der Waals surface area contributed by atoms with Crippen molar-refractivity contribution in [2.75, 3.05) is 6.54 Å². The molecule has 0 aliphatic carbocycles. The summed E-state index contributed by atoms with van der Waals surface area (Å²) < 4.78 is 22.0. The van der Waals surface area contributed by atoms with Crippen LogP contribution in [0.5, 0.6) is 0 Å². The molecule has 0 spiro atoms. The Hall–Kier alpha value is -0.440. The molecule has 0 N–H and O–H groups in total. The molecule has 0 rings (SSSR count). The van der Waals surface area contributed by atoms with Crippen LogP contribution in [0.2, 0.25) is 0 Å². The molecular formula is C4H7F2N. The van der Waals surface area contributed by atoms with Gasteiger partial charge in [0.2, 0.25) is 0 Å². The minimum atomic E-state index is -0.875. The minimum absolute atomic E-state index is 0.281. The molecule has 0 radical (unpaired) electrons. The van der Waals surface area contributed by atoms with Crippen LogP contribution in [0.3, 0.4) is 0 Å². The van der Waals surface area contributed by atoms with Gasteiger partial charge in [0, 0.05) is 5.34 Å². The van der Waals surface area contributed by atoms with E-state index in [9.17, 15) is 8.96 Å². The predicted molar refractivity (Wildman–Crippen MR) is 23.7 cm³/mol. The molecule has 0 unspecified atom stereocenters. The summed E-state index contributed by atoms with van der Waals surface area (Å²) in [6, 6.07) is 0. The van der Waals surface area contributed by atoms with Crippen LogP contribution < -0.4 is 0 Å². The molecule has 0 aromatic carbocycles. The summed E-state index contributed by atoms with van der Waals surface area (Å²) in [5.41, 5.74) is 0. The molecule has 0 aliphatic heterocycles. The van der Waals surface area contributed by atoms with E-state index < -0.39 is 5.34 Å². The van der Waals surface area contributed by atoms with Crippen molar-refractivity contribution < 1.29 is 8.96 Å². The highest BCUT2D eigenvalue weighted by molar-refractivity contribution is 4.76. The first-order valence-corrected chi connectivity index (χ1v) is 1.97. The summed E-state index contributed by atoms with van der Waals surface area (Å²) in [4.78, 5) is 0. The van der Waals surface area contributed by atoms with Crippen molar-refractivity contribution in [3.05, 3.63) is 12.2 Å². The molecule has 0 aromatic heterocycles. The van der Waals surface area contributed by atoms with Gasteiger partial charge in [0.15, 0.2) is 0 Å². The quantitative estimate of drug-likeness (QED) is 0.383. The van der Waals surface area contributed by atoms with Gasteiger partial charge in [0.05, 0.1) is 6.54 Å². The lowest BCUT2D eigenvalue weighted by atomic mass is 10.5. The Morgan fingerprint density at radius 1 is 1.57 bits per heavy atom. The third-order valence-corrected chi connectivity index (χ3v) is 0.479. The first-order chi connectivity index (χ1) is 3.27. The molecule has 0 saturated carbocycles. The zero-order valence-electron chi connectivity index (χ0n) is 4.06. The molecule has 3 heteroatoms. The second-order valence-corrected chi connectivity index (χ2v) is 1.05. The Kier molecular flexibility index (Phi) is 3.50. The zero-order chi connectivity index (χ0) is 5.70. The normalized spacial score (nSPS) is 11.4. The average molecular weight is 107 g/mol. The number of allylic oxidation sites excluding steroid dienone is 1.